The number of rotatable bonds is 10. The van der Waals surface area contributed by atoms with Crippen LogP contribution >= 0.6 is 17.2 Å². The molecule has 0 saturated heterocycles. The van der Waals surface area contributed by atoms with Gasteiger partial charge in [0.15, 0.2) is 0 Å². The van der Waals surface area contributed by atoms with Gasteiger partial charge in [-0.25, -0.2) is 0 Å². The Kier molecular flexibility index (Phi) is 7.23. The van der Waals surface area contributed by atoms with Gasteiger partial charge >= 0.3 is 171 Å². The monoisotopic (exact) mass is 416 g/mol. The standard InChI is InChI=1S/C23H26ClO3P/c24-28(21-10-4-1-5-11-21,22-12-6-2-7-13-22,23-14-8-3-9-15-23)20-27-19-18-26-17-16-25/h1-15,25H,16-20H2. The minimum absolute atomic E-state index is 0.00697. The first-order chi connectivity index (χ1) is 13.7. The summed E-state index contributed by atoms with van der Waals surface area (Å²) in [5, 5.41) is 12.1. The Morgan fingerprint density at radius 2 is 1.00 bits per heavy atom. The van der Waals surface area contributed by atoms with Crippen molar-refractivity contribution in [3.63, 3.8) is 0 Å². The zero-order valence-corrected chi connectivity index (χ0v) is 17.4. The third-order valence-electron chi connectivity index (χ3n) is 4.83. The topological polar surface area (TPSA) is 38.7 Å². The molecule has 0 bridgehead atoms. The van der Waals surface area contributed by atoms with Crippen molar-refractivity contribution in [2.24, 2.45) is 0 Å². The summed E-state index contributed by atoms with van der Waals surface area (Å²) in [6, 6.07) is 30.7. The molecule has 0 heterocycles. The molecule has 3 rings (SSSR count). The average Bonchev–Trinajstić information content (AvgIpc) is 2.78. The zero-order valence-electron chi connectivity index (χ0n) is 15.8. The van der Waals surface area contributed by atoms with Crippen molar-refractivity contribution in [2.45, 2.75) is 0 Å². The third-order valence-corrected chi connectivity index (χ3v) is 11.7. The summed E-state index contributed by atoms with van der Waals surface area (Å²) in [4.78, 5) is 0. The fourth-order valence-electron chi connectivity index (χ4n) is 3.41. The first-order valence-corrected chi connectivity index (χ1v) is 12.7. The number of benzene rings is 3. The molecule has 0 unspecified atom stereocenters. The van der Waals surface area contributed by atoms with Crippen LogP contribution in [0.25, 0.3) is 0 Å². The van der Waals surface area contributed by atoms with Gasteiger partial charge in [-0.3, -0.25) is 0 Å². The molecule has 0 saturated carbocycles. The van der Waals surface area contributed by atoms with Gasteiger partial charge in [0.2, 0.25) is 0 Å². The van der Waals surface area contributed by atoms with Crippen molar-refractivity contribution in [1.29, 1.82) is 0 Å². The molecule has 0 radical (unpaired) electrons. The quantitative estimate of drug-likeness (QED) is 0.405. The van der Waals surface area contributed by atoms with Crippen LogP contribution in [0.1, 0.15) is 0 Å². The third kappa shape index (κ3) is 4.15. The van der Waals surface area contributed by atoms with Crippen molar-refractivity contribution in [2.75, 3.05) is 32.8 Å². The number of aliphatic hydroxyl groups excluding tert-OH is 1. The number of halogens is 1. The van der Waals surface area contributed by atoms with E-state index in [2.05, 4.69) is 36.4 Å². The van der Waals surface area contributed by atoms with Gasteiger partial charge in [0.05, 0.1) is 0 Å². The first kappa shape index (κ1) is 21.0. The van der Waals surface area contributed by atoms with Crippen molar-refractivity contribution >= 4 is 33.1 Å². The molecule has 28 heavy (non-hydrogen) atoms. The Morgan fingerprint density at radius 3 is 1.39 bits per heavy atom. The summed E-state index contributed by atoms with van der Waals surface area (Å²) in [6.45, 7) is 1.15. The molecule has 3 nitrogen and oxygen atoms in total. The predicted octanol–water partition coefficient (Wildman–Crippen LogP) is 3.65. The van der Waals surface area contributed by atoms with E-state index in [-0.39, 0.29) is 6.61 Å². The van der Waals surface area contributed by atoms with Gasteiger partial charge in [-0.05, 0) is 0 Å². The molecule has 0 fully saturated rings. The first-order valence-electron chi connectivity index (χ1n) is 9.36. The Bertz CT molecular complexity index is 744. The van der Waals surface area contributed by atoms with E-state index in [9.17, 15) is 0 Å². The molecular formula is C23H26ClO3P. The van der Waals surface area contributed by atoms with Gasteiger partial charge in [0.1, 0.15) is 0 Å². The van der Waals surface area contributed by atoms with Gasteiger partial charge in [-0.2, -0.15) is 0 Å². The second kappa shape index (κ2) is 9.65. The van der Waals surface area contributed by atoms with Crippen LogP contribution in [0.15, 0.2) is 91.0 Å². The van der Waals surface area contributed by atoms with Crippen molar-refractivity contribution < 1.29 is 14.6 Å². The molecule has 3 aromatic rings. The van der Waals surface area contributed by atoms with Crippen LogP contribution < -0.4 is 15.9 Å². The molecule has 5 heteroatoms. The molecular weight excluding hydrogens is 391 g/mol. The second-order valence-corrected chi connectivity index (χ2v) is 13.0. The van der Waals surface area contributed by atoms with E-state index in [1.54, 1.807) is 0 Å². The summed E-state index contributed by atoms with van der Waals surface area (Å²) in [5.74, 6) is -3.36. The molecule has 0 spiro atoms. The summed E-state index contributed by atoms with van der Waals surface area (Å²) >= 11 is 7.84. The number of hydrogen-bond donors (Lipinski definition) is 1. The van der Waals surface area contributed by atoms with E-state index in [4.69, 9.17) is 25.8 Å². The minimum atomic E-state index is -3.36. The molecule has 0 aromatic heterocycles. The summed E-state index contributed by atoms with van der Waals surface area (Å²) in [5.41, 5.74) is 0. The van der Waals surface area contributed by atoms with E-state index in [1.165, 1.54) is 0 Å². The normalized spacial score (nSPS) is 13.0. The second-order valence-electron chi connectivity index (χ2n) is 6.56. The van der Waals surface area contributed by atoms with E-state index >= 15 is 0 Å². The van der Waals surface area contributed by atoms with E-state index in [1.807, 2.05) is 54.6 Å². The van der Waals surface area contributed by atoms with Crippen LogP contribution in [0.4, 0.5) is 0 Å². The van der Waals surface area contributed by atoms with Crippen LogP contribution in [0.3, 0.4) is 0 Å². The van der Waals surface area contributed by atoms with Crippen molar-refractivity contribution in [3.05, 3.63) is 91.0 Å². The van der Waals surface area contributed by atoms with Gasteiger partial charge in [0, 0.05) is 0 Å². The van der Waals surface area contributed by atoms with Gasteiger partial charge in [-0.15, -0.1) is 0 Å². The summed E-state index contributed by atoms with van der Waals surface area (Å²) in [6.07, 6.45) is 0.369. The van der Waals surface area contributed by atoms with Crippen LogP contribution in [-0.4, -0.2) is 37.9 Å². The number of hydrogen-bond acceptors (Lipinski definition) is 3. The Labute approximate surface area is 171 Å². The van der Waals surface area contributed by atoms with Crippen molar-refractivity contribution in [1.82, 2.24) is 0 Å². The van der Waals surface area contributed by atoms with Gasteiger partial charge in [0.25, 0.3) is 0 Å². The van der Waals surface area contributed by atoms with Crippen LogP contribution in [-0.2, 0) is 9.47 Å². The zero-order chi connectivity index (χ0) is 19.7. The van der Waals surface area contributed by atoms with Crippen molar-refractivity contribution in [3.8, 4) is 0 Å². The predicted molar refractivity (Wildman–Crippen MR) is 120 cm³/mol. The van der Waals surface area contributed by atoms with Crippen LogP contribution in [0, 0.1) is 0 Å². The average molecular weight is 417 g/mol. The Hall–Kier alpha value is -1.74. The van der Waals surface area contributed by atoms with Crippen LogP contribution in [0.5, 0.6) is 0 Å². The van der Waals surface area contributed by atoms with Gasteiger partial charge in [-0.1, -0.05) is 0 Å². The maximum atomic E-state index is 8.86. The Morgan fingerprint density at radius 1 is 0.607 bits per heavy atom. The molecule has 148 valence electrons. The molecule has 0 amide bonds. The summed E-state index contributed by atoms with van der Waals surface area (Å²) < 4.78 is 11.5. The molecule has 0 atom stereocenters. The van der Waals surface area contributed by atoms with E-state index in [0.29, 0.717) is 26.2 Å². The summed E-state index contributed by atoms with van der Waals surface area (Å²) in [7, 11) is 0. The SMILES string of the molecule is OCCOCCOCP(Cl)(c1ccccc1)(c1ccccc1)c1ccccc1. The molecule has 3 aromatic carbocycles. The maximum absolute atomic E-state index is 8.86. The molecule has 0 aliphatic rings. The van der Waals surface area contributed by atoms with Gasteiger partial charge < -0.3 is 0 Å². The molecule has 0 aliphatic carbocycles. The van der Waals surface area contributed by atoms with E-state index in [0.717, 1.165) is 15.9 Å². The fourth-order valence-corrected chi connectivity index (χ4v) is 8.82. The fraction of sp³-hybridized carbons (Fsp3) is 0.217. The van der Waals surface area contributed by atoms with E-state index < -0.39 is 5.96 Å². The molecule has 0 aliphatic heterocycles. The van der Waals surface area contributed by atoms with Crippen LogP contribution in [0.2, 0.25) is 0 Å². The Balaban J connectivity index is 2.08. The molecule has 1 N–H and O–H groups in total. The number of aliphatic hydroxyl groups is 1. The number of ether oxygens (including phenoxy) is 2.